The van der Waals surface area contributed by atoms with Crippen LogP contribution in [0.15, 0.2) is 10.3 Å². The number of unbranched alkanes of at least 4 members (excludes halogenated alkanes) is 7. The van der Waals surface area contributed by atoms with Gasteiger partial charge in [0.2, 0.25) is 11.8 Å². The van der Waals surface area contributed by atoms with E-state index in [1.807, 2.05) is 0 Å². The van der Waals surface area contributed by atoms with Gasteiger partial charge < -0.3 is 62.1 Å². The zero-order valence-electron chi connectivity index (χ0n) is 23.9. The van der Waals surface area contributed by atoms with Crippen LogP contribution in [0.1, 0.15) is 64.2 Å². The van der Waals surface area contributed by atoms with E-state index in [2.05, 4.69) is 62.2 Å². The van der Waals surface area contributed by atoms with Gasteiger partial charge in [0.25, 0.3) is 0 Å². The predicted octanol–water partition coefficient (Wildman–Crippen LogP) is -2.22. The maximum Gasteiger partial charge on any atom is 0.230 e. The van der Waals surface area contributed by atoms with E-state index in [9.17, 15) is 0 Å². The molecule has 0 aromatic heterocycles. The molecule has 218 valence electrons. The molecule has 0 saturated carbocycles. The van der Waals surface area contributed by atoms with E-state index < -0.39 is 0 Å². The molecule has 8 nitrogen and oxygen atoms in total. The monoisotopic (exact) mass is 662 g/mol. The van der Waals surface area contributed by atoms with Gasteiger partial charge in [-0.15, -0.1) is 0 Å². The third-order valence-corrected chi connectivity index (χ3v) is 6.31. The van der Waals surface area contributed by atoms with Crippen molar-refractivity contribution in [1.82, 2.24) is 0 Å². The van der Waals surface area contributed by atoms with Gasteiger partial charge in [0.15, 0.2) is 13.2 Å². The first-order valence-electron chi connectivity index (χ1n) is 13.6. The summed E-state index contributed by atoms with van der Waals surface area (Å²) in [5.74, 6) is 14.0. The highest BCUT2D eigenvalue weighted by Crippen LogP contribution is 2.11. The minimum Gasteiger partial charge on any atom is -1.00 e. The topological polar surface area (TPSA) is 61.6 Å². The summed E-state index contributed by atoms with van der Waals surface area (Å²) >= 11 is 0. The van der Waals surface area contributed by atoms with E-state index in [0.717, 1.165) is 34.9 Å². The third-order valence-electron chi connectivity index (χ3n) is 6.31. The molecular weight excluding hydrogens is 616 g/mol. The Morgan fingerprint density at radius 2 is 0.974 bits per heavy atom. The molecule has 0 amide bonds. The van der Waals surface area contributed by atoms with Gasteiger partial charge in [0.05, 0.1) is 54.1 Å². The molecule has 0 aromatic carbocycles. The Morgan fingerprint density at radius 3 is 1.32 bits per heavy atom. The second-order valence-electron chi connectivity index (χ2n) is 10.9. The van der Waals surface area contributed by atoms with Crippen molar-refractivity contribution in [3.8, 4) is 23.7 Å². The van der Waals surface area contributed by atoms with Gasteiger partial charge >= 0.3 is 0 Å². The summed E-state index contributed by atoms with van der Waals surface area (Å²) in [4.78, 5) is 9.81. The lowest BCUT2D eigenvalue weighted by Crippen LogP contribution is -3.00. The van der Waals surface area contributed by atoms with Crippen molar-refractivity contribution < 1.29 is 62.1 Å². The molecule has 0 aliphatic carbocycles. The Morgan fingerprint density at radius 1 is 0.605 bits per heavy atom. The van der Waals surface area contributed by atoms with Crippen molar-refractivity contribution in [2.45, 2.75) is 64.2 Å². The number of quaternary nitrogens is 2. The van der Waals surface area contributed by atoms with E-state index in [-0.39, 0.29) is 34.0 Å². The Labute approximate surface area is 252 Å². The van der Waals surface area contributed by atoms with Gasteiger partial charge in [0, 0.05) is 0 Å². The Bertz CT molecular complexity index is 758. The van der Waals surface area contributed by atoms with Crippen LogP contribution in [-0.4, -0.2) is 102 Å². The van der Waals surface area contributed by atoms with E-state index in [0.29, 0.717) is 38.2 Å². The van der Waals surface area contributed by atoms with E-state index in [1.165, 1.54) is 64.5 Å². The standard InChI is InChI=1S/C28H48N4O4.2BrH/c1-31(2,21-13-15-23-33-27-17-25-35-29-27)19-11-9-7-5-6-8-10-12-20-32(3,4)22-14-16-24-34-28-18-26-36-30-28;;/h5-12,17-26H2,1-4H3;2*1H/q+2;;/p-2. The molecule has 2 heterocycles. The highest BCUT2D eigenvalue weighted by molar-refractivity contribution is 5.77. The highest BCUT2D eigenvalue weighted by atomic mass is 79.9. The average molecular weight is 665 g/mol. The molecule has 0 spiro atoms. The van der Waals surface area contributed by atoms with Crippen LogP contribution in [0, 0.1) is 23.7 Å². The third kappa shape index (κ3) is 18.7. The molecule has 0 radical (unpaired) electrons. The van der Waals surface area contributed by atoms with Crippen molar-refractivity contribution >= 4 is 11.8 Å². The smallest absolute Gasteiger partial charge is 0.230 e. The van der Waals surface area contributed by atoms with Gasteiger partial charge in [-0.25, -0.2) is 0 Å². The minimum atomic E-state index is 0. The Balaban J connectivity index is 0.00000684. The Hall–Kier alpha value is -1.46. The lowest BCUT2D eigenvalue weighted by atomic mass is 10.1. The van der Waals surface area contributed by atoms with Crippen LogP contribution in [-0.2, 0) is 19.1 Å². The van der Waals surface area contributed by atoms with Gasteiger partial charge in [-0.1, -0.05) is 47.8 Å². The van der Waals surface area contributed by atoms with Crippen LogP contribution in [0.5, 0.6) is 0 Å². The maximum absolute atomic E-state index is 5.46. The molecule has 0 saturated heterocycles. The first kappa shape index (κ1) is 36.5. The van der Waals surface area contributed by atoms with E-state index in [4.69, 9.17) is 19.1 Å². The van der Waals surface area contributed by atoms with Gasteiger partial charge in [-0.2, -0.15) is 0 Å². The summed E-state index contributed by atoms with van der Waals surface area (Å²) in [6, 6.07) is 0. The normalized spacial score (nSPS) is 14.2. The number of ether oxygens (including phenoxy) is 2. The van der Waals surface area contributed by atoms with E-state index in [1.54, 1.807) is 0 Å². The van der Waals surface area contributed by atoms with Crippen molar-refractivity contribution in [3.05, 3.63) is 0 Å². The minimum absolute atomic E-state index is 0. The zero-order chi connectivity index (χ0) is 26.0. The van der Waals surface area contributed by atoms with Crippen LogP contribution >= 0.6 is 0 Å². The molecule has 38 heavy (non-hydrogen) atoms. The lowest BCUT2D eigenvalue weighted by Gasteiger charge is -2.27. The molecule has 2 aliphatic rings. The fraction of sp³-hybridized carbons (Fsp3) is 0.786. The number of rotatable bonds is 15. The van der Waals surface area contributed by atoms with Crippen LogP contribution in [0.2, 0.25) is 0 Å². The first-order chi connectivity index (χ1) is 17.4. The molecule has 0 unspecified atom stereocenters. The summed E-state index contributed by atoms with van der Waals surface area (Å²) in [5, 5.41) is 7.62. The van der Waals surface area contributed by atoms with Crippen molar-refractivity contribution in [1.29, 1.82) is 0 Å². The first-order valence-corrected chi connectivity index (χ1v) is 13.6. The van der Waals surface area contributed by atoms with Crippen LogP contribution in [0.25, 0.3) is 0 Å². The average Bonchev–Trinajstić information content (AvgIpc) is 3.54. The molecule has 10 heteroatoms. The number of hydrogen-bond donors (Lipinski definition) is 0. The van der Waals surface area contributed by atoms with Gasteiger partial charge in [-0.05, 0) is 37.5 Å². The second-order valence-corrected chi connectivity index (χ2v) is 10.9. The molecule has 0 aromatic rings. The number of halogens is 2. The second kappa shape index (κ2) is 21.4. The van der Waals surface area contributed by atoms with Crippen LogP contribution in [0.3, 0.4) is 0 Å². The summed E-state index contributed by atoms with van der Waals surface area (Å²) < 4.78 is 12.8. The van der Waals surface area contributed by atoms with Crippen LogP contribution in [0.4, 0.5) is 0 Å². The van der Waals surface area contributed by atoms with Crippen molar-refractivity contribution in [3.63, 3.8) is 0 Å². The zero-order valence-corrected chi connectivity index (χ0v) is 27.1. The van der Waals surface area contributed by atoms with E-state index >= 15 is 0 Å². The Kier molecular flexibility index (Phi) is 20.6. The number of hydrogen-bond acceptors (Lipinski definition) is 6. The highest BCUT2D eigenvalue weighted by Gasteiger charge is 2.14. The molecule has 0 fully saturated rings. The summed E-state index contributed by atoms with van der Waals surface area (Å²) in [7, 11) is 9.02. The molecule has 0 N–H and O–H groups in total. The van der Waals surface area contributed by atoms with Gasteiger partial charge in [-0.3, -0.25) is 0 Å². The number of nitrogens with zero attached hydrogens (tertiary/aromatic N) is 4. The maximum atomic E-state index is 5.46. The molecule has 2 aliphatic heterocycles. The number of oxime groups is 2. The van der Waals surface area contributed by atoms with Gasteiger partial charge in [0.1, 0.15) is 26.3 Å². The van der Waals surface area contributed by atoms with Crippen molar-refractivity contribution in [2.75, 3.05) is 80.8 Å². The molecule has 0 bridgehead atoms. The molecule has 2 rings (SSSR count). The summed E-state index contributed by atoms with van der Waals surface area (Å²) in [6.07, 6.45) is 12.0. The predicted molar refractivity (Wildman–Crippen MR) is 144 cm³/mol. The largest absolute Gasteiger partial charge is 1.00 e. The fourth-order valence-electron chi connectivity index (χ4n) is 3.97. The molecular formula is C28H48Br2N4O4. The lowest BCUT2D eigenvalue weighted by molar-refractivity contribution is -0.883. The summed E-state index contributed by atoms with van der Waals surface area (Å²) in [6.45, 7) is 6.07. The molecule has 0 atom stereocenters. The fourth-order valence-corrected chi connectivity index (χ4v) is 3.97. The quantitative estimate of drug-likeness (QED) is 0.113. The summed E-state index contributed by atoms with van der Waals surface area (Å²) in [5.41, 5.74) is 0. The SMILES string of the molecule is C[N+](C)(CC#CCOC1=NOCC1)CCCCCCCCCC[N+](C)(C)CC#CCOC1=NOCC1.[Br-].[Br-]. The van der Waals surface area contributed by atoms with Crippen molar-refractivity contribution in [2.24, 2.45) is 10.3 Å². The van der Waals surface area contributed by atoms with Crippen LogP contribution < -0.4 is 34.0 Å².